The number of hydrogen-bond donors (Lipinski definition) is 1. The number of amides is 1. The van der Waals surface area contributed by atoms with Crippen molar-refractivity contribution in [3.05, 3.63) is 0 Å². The van der Waals surface area contributed by atoms with Crippen molar-refractivity contribution in [3.8, 4) is 0 Å². The van der Waals surface area contributed by atoms with Crippen LogP contribution in [0.1, 0.15) is 27.2 Å². The molecule has 0 aromatic carbocycles. The Kier molecular flexibility index (Phi) is 5.41. The number of nitrogens with one attached hydrogen (secondary N) is 1. The molecule has 0 bridgehead atoms. The summed E-state index contributed by atoms with van der Waals surface area (Å²) in [7, 11) is 4.12. The van der Waals surface area contributed by atoms with E-state index < -0.39 is 5.60 Å². The maximum atomic E-state index is 11.9. The first kappa shape index (κ1) is 15.2. The third-order valence-corrected chi connectivity index (χ3v) is 2.83. The molecular weight excluding hydrogens is 230 g/mol. The highest BCUT2D eigenvalue weighted by Gasteiger charge is 2.29. The Bertz CT molecular complexity index is 274. The molecule has 18 heavy (non-hydrogen) atoms. The van der Waals surface area contributed by atoms with Gasteiger partial charge in [0, 0.05) is 32.2 Å². The minimum Gasteiger partial charge on any atom is -0.444 e. The summed E-state index contributed by atoms with van der Waals surface area (Å²) in [6.07, 6.45) is 0.812. The molecule has 0 saturated carbocycles. The molecule has 0 aromatic heterocycles. The minimum atomic E-state index is -0.409. The molecule has 1 aliphatic heterocycles. The fourth-order valence-electron chi connectivity index (χ4n) is 1.91. The molecule has 1 heterocycles. The average molecular weight is 257 g/mol. The van der Waals surface area contributed by atoms with E-state index in [1.807, 2.05) is 20.8 Å². The second-order valence-electron chi connectivity index (χ2n) is 6.17. The average Bonchev–Trinajstić information content (AvgIpc) is 2.63. The highest BCUT2D eigenvalue weighted by Crippen LogP contribution is 2.15. The van der Waals surface area contributed by atoms with Crippen molar-refractivity contribution in [3.63, 3.8) is 0 Å². The molecule has 0 unspecified atom stereocenters. The molecule has 5 nitrogen and oxygen atoms in total. The lowest BCUT2D eigenvalue weighted by Gasteiger charge is -2.24. The van der Waals surface area contributed by atoms with Gasteiger partial charge >= 0.3 is 6.09 Å². The van der Waals surface area contributed by atoms with Crippen LogP contribution in [0.15, 0.2) is 0 Å². The second-order valence-corrected chi connectivity index (χ2v) is 6.17. The Labute approximate surface area is 110 Å². The van der Waals surface area contributed by atoms with Gasteiger partial charge in [-0.25, -0.2) is 4.79 Å². The van der Waals surface area contributed by atoms with Crippen LogP contribution in [0.4, 0.5) is 4.79 Å². The van der Waals surface area contributed by atoms with E-state index >= 15 is 0 Å². The Hall–Kier alpha value is -0.810. The van der Waals surface area contributed by atoms with Gasteiger partial charge in [0.2, 0.25) is 0 Å². The van der Waals surface area contributed by atoms with Crippen molar-refractivity contribution < 1.29 is 9.53 Å². The maximum absolute atomic E-state index is 11.9. The predicted molar refractivity (Wildman–Crippen MR) is 72.8 cm³/mol. The zero-order chi connectivity index (χ0) is 13.8. The van der Waals surface area contributed by atoms with Gasteiger partial charge in [0.1, 0.15) is 5.60 Å². The number of rotatable bonds is 4. The van der Waals surface area contributed by atoms with Crippen molar-refractivity contribution in [2.45, 2.75) is 38.8 Å². The second kappa shape index (κ2) is 6.38. The van der Waals surface area contributed by atoms with Gasteiger partial charge in [0.15, 0.2) is 0 Å². The van der Waals surface area contributed by atoms with Crippen LogP contribution in [0.2, 0.25) is 0 Å². The number of hydrogen-bond acceptors (Lipinski definition) is 4. The Balaban J connectivity index is 2.26. The number of carbonyl (C=O) groups excluding carboxylic acids is 1. The third-order valence-electron chi connectivity index (χ3n) is 2.83. The predicted octanol–water partition coefficient (Wildman–Crippen LogP) is 1.15. The van der Waals surface area contributed by atoms with Gasteiger partial charge in [-0.3, -0.25) is 0 Å². The van der Waals surface area contributed by atoms with Crippen LogP contribution < -0.4 is 5.32 Å². The lowest BCUT2D eigenvalue weighted by molar-refractivity contribution is 0.0291. The number of nitrogens with zero attached hydrogens (tertiary/aromatic N) is 2. The first-order valence-corrected chi connectivity index (χ1v) is 6.64. The molecule has 5 heteroatoms. The standard InChI is InChI=1S/C13H27N3O2/c1-13(2,3)18-12(17)16-8-6-11(10-16)14-7-9-15(4)5/h11,14H,6-10H2,1-5H3/t11-/m1/s1. The lowest BCUT2D eigenvalue weighted by atomic mass is 10.2. The largest absolute Gasteiger partial charge is 0.444 e. The summed E-state index contributed by atoms with van der Waals surface area (Å²) >= 11 is 0. The van der Waals surface area contributed by atoms with Crippen molar-refractivity contribution >= 4 is 6.09 Å². The summed E-state index contributed by atoms with van der Waals surface area (Å²) in [6, 6.07) is 0.400. The van der Waals surface area contributed by atoms with Crippen molar-refractivity contribution in [1.82, 2.24) is 15.1 Å². The van der Waals surface area contributed by atoms with Crippen LogP contribution in [0.3, 0.4) is 0 Å². The molecule has 0 radical (unpaired) electrons. The summed E-state index contributed by atoms with van der Waals surface area (Å²) in [5.74, 6) is 0. The van der Waals surface area contributed by atoms with E-state index in [0.717, 1.165) is 32.6 Å². The molecule has 1 atom stereocenters. The summed E-state index contributed by atoms with van der Waals surface area (Å²) in [4.78, 5) is 15.8. The fraction of sp³-hybridized carbons (Fsp3) is 0.923. The first-order valence-electron chi connectivity index (χ1n) is 6.64. The van der Waals surface area contributed by atoms with Crippen LogP contribution in [-0.4, -0.2) is 67.8 Å². The van der Waals surface area contributed by atoms with Crippen molar-refractivity contribution in [2.75, 3.05) is 40.3 Å². The van der Waals surface area contributed by atoms with Gasteiger partial charge in [-0.2, -0.15) is 0 Å². The van der Waals surface area contributed by atoms with E-state index in [1.165, 1.54) is 0 Å². The molecule has 0 aliphatic carbocycles. The van der Waals surface area contributed by atoms with Gasteiger partial charge in [0.25, 0.3) is 0 Å². The molecule has 1 saturated heterocycles. The van der Waals surface area contributed by atoms with E-state index in [2.05, 4.69) is 24.3 Å². The summed E-state index contributed by atoms with van der Waals surface area (Å²) < 4.78 is 5.36. The first-order chi connectivity index (χ1) is 8.28. The van der Waals surface area contributed by atoms with Crippen LogP contribution in [0.25, 0.3) is 0 Å². The molecule has 106 valence electrons. The molecule has 1 rings (SSSR count). The fourth-order valence-corrected chi connectivity index (χ4v) is 1.91. The molecule has 0 aromatic rings. The maximum Gasteiger partial charge on any atom is 0.410 e. The van der Waals surface area contributed by atoms with Crippen LogP contribution in [0.5, 0.6) is 0 Å². The molecule has 0 spiro atoms. The number of ether oxygens (including phenoxy) is 1. The quantitative estimate of drug-likeness (QED) is 0.820. The lowest BCUT2D eigenvalue weighted by Crippen LogP contribution is -2.39. The number of likely N-dealkylation sites (tertiary alicyclic amines) is 1. The molecule has 1 amide bonds. The topological polar surface area (TPSA) is 44.8 Å². The Morgan fingerprint density at radius 3 is 2.67 bits per heavy atom. The smallest absolute Gasteiger partial charge is 0.410 e. The molecular formula is C13H27N3O2. The van der Waals surface area contributed by atoms with E-state index in [1.54, 1.807) is 4.90 Å². The van der Waals surface area contributed by atoms with Gasteiger partial charge in [-0.1, -0.05) is 0 Å². The SMILES string of the molecule is CN(C)CCN[C@@H]1CCN(C(=O)OC(C)(C)C)C1. The summed E-state index contributed by atoms with van der Waals surface area (Å²) in [5.41, 5.74) is -0.409. The summed E-state index contributed by atoms with van der Waals surface area (Å²) in [5, 5.41) is 3.47. The van der Waals surface area contributed by atoms with Crippen molar-refractivity contribution in [1.29, 1.82) is 0 Å². The van der Waals surface area contributed by atoms with E-state index in [9.17, 15) is 4.79 Å². The number of carbonyl (C=O) groups is 1. The van der Waals surface area contributed by atoms with E-state index in [0.29, 0.717) is 6.04 Å². The van der Waals surface area contributed by atoms with Gasteiger partial charge < -0.3 is 19.9 Å². The number of likely N-dealkylation sites (N-methyl/N-ethyl adjacent to an activating group) is 1. The highest BCUT2D eigenvalue weighted by atomic mass is 16.6. The monoisotopic (exact) mass is 257 g/mol. The van der Waals surface area contributed by atoms with Crippen LogP contribution in [0, 0.1) is 0 Å². The zero-order valence-corrected chi connectivity index (χ0v) is 12.3. The minimum absolute atomic E-state index is 0.195. The molecule has 1 aliphatic rings. The highest BCUT2D eigenvalue weighted by molar-refractivity contribution is 5.68. The zero-order valence-electron chi connectivity index (χ0n) is 12.3. The van der Waals surface area contributed by atoms with Gasteiger partial charge in [-0.15, -0.1) is 0 Å². The third kappa shape index (κ3) is 5.69. The Morgan fingerprint density at radius 1 is 1.44 bits per heavy atom. The molecule has 1 N–H and O–H groups in total. The van der Waals surface area contributed by atoms with Crippen LogP contribution >= 0.6 is 0 Å². The van der Waals surface area contributed by atoms with Gasteiger partial charge in [0.05, 0.1) is 0 Å². The van der Waals surface area contributed by atoms with Crippen molar-refractivity contribution in [2.24, 2.45) is 0 Å². The van der Waals surface area contributed by atoms with Gasteiger partial charge in [-0.05, 0) is 41.3 Å². The van der Waals surface area contributed by atoms with Crippen LogP contribution in [-0.2, 0) is 4.74 Å². The van der Waals surface area contributed by atoms with E-state index in [4.69, 9.17) is 4.74 Å². The Morgan fingerprint density at radius 2 is 2.11 bits per heavy atom. The summed E-state index contributed by atoms with van der Waals surface area (Å²) in [6.45, 7) is 9.20. The normalized spacial score (nSPS) is 20.6. The van der Waals surface area contributed by atoms with E-state index in [-0.39, 0.29) is 6.09 Å². The molecule has 1 fully saturated rings.